The topological polar surface area (TPSA) is 41.1 Å². The lowest BCUT2D eigenvalue weighted by molar-refractivity contribution is -0.122. The van der Waals surface area contributed by atoms with E-state index in [4.69, 9.17) is 0 Å². The van der Waals surface area contributed by atoms with Gasteiger partial charge < -0.3 is 10.6 Å². The monoisotopic (exact) mass is 266 g/mol. The molecule has 6 heteroatoms. The van der Waals surface area contributed by atoms with Crippen LogP contribution in [0, 0.1) is 11.8 Å². The summed E-state index contributed by atoms with van der Waals surface area (Å²) in [4.78, 5) is 11.4. The van der Waals surface area contributed by atoms with E-state index in [1.54, 1.807) is 0 Å². The summed E-state index contributed by atoms with van der Waals surface area (Å²) >= 11 is 0. The highest BCUT2D eigenvalue weighted by Gasteiger charge is 2.31. The summed E-state index contributed by atoms with van der Waals surface area (Å²) in [5, 5.41) is 4.53. The number of hydrogen-bond acceptors (Lipinski definition) is 1. The van der Waals surface area contributed by atoms with Crippen LogP contribution in [0.15, 0.2) is 0 Å². The minimum atomic E-state index is -4.36. The number of halogens is 3. The van der Waals surface area contributed by atoms with Crippen LogP contribution in [0.5, 0.6) is 0 Å². The number of rotatable bonds is 3. The lowest BCUT2D eigenvalue weighted by atomic mass is 9.78. The van der Waals surface area contributed by atoms with Crippen molar-refractivity contribution >= 4 is 6.03 Å². The number of urea groups is 1. The van der Waals surface area contributed by atoms with E-state index in [0.717, 1.165) is 25.7 Å². The normalized spacial score (nSPS) is 25.0. The number of carbonyl (C=O) groups excluding carboxylic acids is 1. The molecule has 0 radical (unpaired) electrons. The number of carbonyl (C=O) groups is 1. The Bertz CT molecular complexity index is 279. The number of alkyl halides is 3. The molecule has 0 heterocycles. The van der Waals surface area contributed by atoms with E-state index in [0.29, 0.717) is 11.8 Å². The maximum absolute atomic E-state index is 12.0. The second-order valence-corrected chi connectivity index (χ2v) is 5.24. The van der Waals surface area contributed by atoms with Crippen molar-refractivity contribution in [1.29, 1.82) is 0 Å². The molecule has 2 N–H and O–H groups in total. The molecule has 18 heavy (non-hydrogen) atoms. The second kappa shape index (κ2) is 6.29. The summed E-state index contributed by atoms with van der Waals surface area (Å²) in [5.41, 5.74) is 0. The molecule has 1 fully saturated rings. The molecule has 0 aromatic carbocycles. The molecule has 2 unspecified atom stereocenters. The molecule has 1 saturated carbocycles. The first-order valence-corrected chi connectivity index (χ1v) is 6.40. The smallest absolute Gasteiger partial charge is 0.335 e. The fraction of sp³-hybridized carbons (Fsp3) is 0.917. The molecule has 1 aliphatic carbocycles. The van der Waals surface area contributed by atoms with Crippen molar-refractivity contribution in [3.05, 3.63) is 0 Å². The van der Waals surface area contributed by atoms with Gasteiger partial charge in [0.05, 0.1) is 0 Å². The lowest BCUT2D eigenvalue weighted by Gasteiger charge is -2.34. The van der Waals surface area contributed by atoms with Crippen molar-refractivity contribution in [2.75, 3.05) is 6.54 Å². The van der Waals surface area contributed by atoms with Gasteiger partial charge in [-0.1, -0.05) is 26.7 Å². The summed E-state index contributed by atoms with van der Waals surface area (Å²) in [6, 6.07) is -0.725. The molecule has 2 amide bonds. The maximum Gasteiger partial charge on any atom is 0.405 e. The standard InChI is InChI=1S/C12H21F3N2O/c1-8(2)9-5-3-4-6-10(9)17-11(18)16-7-12(13,14)15/h8-10H,3-7H2,1-2H3,(H2,16,17,18). The first kappa shape index (κ1) is 15.1. The molecule has 0 aliphatic heterocycles. The molecule has 0 bridgehead atoms. The van der Waals surface area contributed by atoms with Crippen LogP contribution in [0.1, 0.15) is 39.5 Å². The zero-order valence-corrected chi connectivity index (χ0v) is 10.8. The van der Waals surface area contributed by atoms with Crippen LogP contribution >= 0.6 is 0 Å². The van der Waals surface area contributed by atoms with Crippen molar-refractivity contribution in [3.8, 4) is 0 Å². The third-order valence-electron chi connectivity index (χ3n) is 3.44. The highest BCUT2D eigenvalue weighted by molar-refractivity contribution is 5.74. The van der Waals surface area contributed by atoms with Gasteiger partial charge in [-0.3, -0.25) is 0 Å². The molecule has 3 nitrogen and oxygen atoms in total. The van der Waals surface area contributed by atoms with Crippen LogP contribution in [0.2, 0.25) is 0 Å². The summed E-state index contributed by atoms with van der Waals surface area (Å²) < 4.78 is 35.9. The van der Waals surface area contributed by atoms with E-state index in [1.807, 2.05) is 5.32 Å². The molecule has 1 rings (SSSR count). The highest BCUT2D eigenvalue weighted by atomic mass is 19.4. The first-order chi connectivity index (χ1) is 8.29. The fourth-order valence-electron chi connectivity index (χ4n) is 2.54. The summed E-state index contributed by atoms with van der Waals surface area (Å²) in [6.07, 6.45) is -0.329. The molecule has 2 atom stereocenters. The molecular weight excluding hydrogens is 245 g/mol. The first-order valence-electron chi connectivity index (χ1n) is 6.40. The summed E-state index contributed by atoms with van der Waals surface area (Å²) in [5.74, 6) is 0.786. The second-order valence-electron chi connectivity index (χ2n) is 5.24. The van der Waals surface area contributed by atoms with E-state index >= 15 is 0 Å². The van der Waals surface area contributed by atoms with Crippen LogP contribution < -0.4 is 10.6 Å². The Morgan fingerprint density at radius 1 is 1.28 bits per heavy atom. The largest absolute Gasteiger partial charge is 0.405 e. The van der Waals surface area contributed by atoms with Crippen LogP contribution in [-0.4, -0.2) is 24.8 Å². The third kappa shape index (κ3) is 5.14. The van der Waals surface area contributed by atoms with Crippen molar-refractivity contribution in [2.24, 2.45) is 11.8 Å². The van der Waals surface area contributed by atoms with Gasteiger partial charge in [-0.15, -0.1) is 0 Å². The quantitative estimate of drug-likeness (QED) is 0.810. The predicted octanol–water partition coefficient (Wildman–Crippen LogP) is 3.06. The Morgan fingerprint density at radius 3 is 2.44 bits per heavy atom. The van der Waals surface area contributed by atoms with Crippen molar-refractivity contribution < 1.29 is 18.0 Å². The van der Waals surface area contributed by atoms with Crippen LogP contribution in [-0.2, 0) is 0 Å². The molecule has 0 aromatic rings. The minimum absolute atomic E-state index is 0.00742. The van der Waals surface area contributed by atoms with Gasteiger partial charge in [0.1, 0.15) is 6.54 Å². The Balaban J connectivity index is 2.41. The lowest BCUT2D eigenvalue weighted by Crippen LogP contribution is -2.49. The Hall–Kier alpha value is -0.940. The zero-order chi connectivity index (χ0) is 13.8. The van der Waals surface area contributed by atoms with Gasteiger partial charge in [-0.05, 0) is 24.7 Å². The molecule has 0 spiro atoms. The Morgan fingerprint density at radius 2 is 1.89 bits per heavy atom. The minimum Gasteiger partial charge on any atom is -0.335 e. The fourth-order valence-corrected chi connectivity index (χ4v) is 2.54. The maximum atomic E-state index is 12.0. The van der Waals surface area contributed by atoms with Gasteiger partial charge >= 0.3 is 12.2 Å². The van der Waals surface area contributed by atoms with Crippen molar-refractivity contribution in [1.82, 2.24) is 10.6 Å². The van der Waals surface area contributed by atoms with Crippen molar-refractivity contribution in [2.45, 2.75) is 51.7 Å². The average Bonchev–Trinajstić information content (AvgIpc) is 2.26. The van der Waals surface area contributed by atoms with Gasteiger partial charge in [0.15, 0.2) is 0 Å². The van der Waals surface area contributed by atoms with Crippen molar-refractivity contribution in [3.63, 3.8) is 0 Å². The van der Waals surface area contributed by atoms with Gasteiger partial charge in [-0.25, -0.2) is 4.79 Å². The van der Waals surface area contributed by atoms with E-state index in [2.05, 4.69) is 19.2 Å². The van der Waals surface area contributed by atoms with Gasteiger partial charge in [-0.2, -0.15) is 13.2 Å². The van der Waals surface area contributed by atoms with Crippen LogP contribution in [0.4, 0.5) is 18.0 Å². The van der Waals surface area contributed by atoms with Crippen LogP contribution in [0.3, 0.4) is 0 Å². The number of nitrogens with one attached hydrogen (secondary N) is 2. The van der Waals surface area contributed by atoms with Gasteiger partial charge in [0.2, 0.25) is 0 Å². The van der Waals surface area contributed by atoms with Gasteiger partial charge in [0.25, 0.3) is 0 Å². The van der Waals surface area contributed by atoms with Crippen LogP contribution in [0.25, 0.3) is 0 Å². The Labute approximate surface area is 106 Å². The average molecular weight is 266 g/mol. The summed E-state index contributed by atoms with van der Waals surface area (Å²) in [6.45, 7) is 2.88. The molecule has 0 aromatic heterocycles. The SMILES string of the molecule is CC(C)C1CCCCC1NC(=O)NCC(F)(F)F. The zero-order valence-electron chi connectivity index (χ0n) is 10.8. The Kier molecular flexibility index (Phi) is 5.28. The molecule has 106 valence electrons. The van der Waals surface area contributed by atoms with E-state index in [9.17, 15) is 18.0 Å². The predicted molar refractivity (Wildman–Crippen MR) is 63.2 cm³/mol. The molecule has 1 aliphatic rings. The number of amides is 2. The summed E-state index contributed by atoms with van der Waals surface area (Å²) in [7, 11) is 0. The molecular formula is C12H21F3N2O. The molecule has 0 saturated heterocycles. The van der Waals surface area contributed by atoms with E-state index in [1.165, 1.54) is 0 Å². The highest BCUT2D eigenvalue weighted by Crippen LogP contribution is 2.30. The van der Waals surface area contributed by atoms with E-state index < -0.39 is 18.8 Å². The number of hydrogen-bond donors (Lipinski definition) is 2. The van der Waals surface area contributed by atoms with E-state index in [-0.39, 0.29) is 6.04 Å². The van der Waals surface area contributed by atoms with Gasteiger partial charge in [0, 0.05) is 6.04 Å². The third-order valence-corrected chi connectivity index (χ3v) is 3.44.